The highest BCUT2D eigenvalue weighted by atomic mass is 32.2. The van der Waals surface area contributed by atoms with Crippen LogP contribution in [0.2, 0.25) is 0 Å². The number of alkyl carbamates (subject to hydrolysis) is 1. The first-order valence-corrected chi connectivity index (χ1v) is 11.4. The van der Waals surface area contributed by atoms with Crippen molar-refractivity contribution in [2.24, 2.45) is 0 Å². The van der Waals surface area contributed by atoms with Gasteiger partial charge in [0.1, 0.15) is 24.2 Å². The van der Waals surface area contributed by atoms with Crippen LogP contribution >= 0.6 is 11.8 Å². The maximum absolute atomic E-state index is 12.5. The van der Waals surface area contributed by atoms with Gasteiger partial charge in [0, 0.05) is 17.9 Å². The SMILES string of the molecule is C=C(C)CSC[C@H](NC(=O)CC[C@H](NC(=O)OC(C)(C)C)C(=O)OC)C(=O)NCC(=O)OC. The zero-order valence-corrected chi connectivity index (χ0v) is 20.9. The lowest BCUT2D eigenvalue weighted by Gasteiger charge is -2.23. The zero-order chi connectivity index (χ0) is 25.6. The molecule has 0 rings (SSSR count). The molecular weight excluding hydrogens is 454 g/mol. The molecule has 0 saturated heterocycles. The van der Waals surface area contributed by atoms with Crippen molar-refractivity contribution < 1.29 is 38.2 Å². The molecule has 3 N–H and O–H groups in total. The highest BCUT2D eigenvalue weighted by molar-refractivity contribution is 7.99. The number of thioether (sulfide) groups is 1. The molecule has 33 heavy (non-hydrogen) atoms. The van der Waals surface area contributed by atoms with Crippen LogP contribution in [-0.2, 0) is 33.4 Å². The Hall–Kier alpha value is -2.76. The van der Waals surface area contributed by atoms with E-state index in [1.807, 2.05) is 6.92 Å². The highest BCUT2D eigenvalue weighted by Gasteiger charge is 2.27. The van der Waals surface area contributed by atoms with E-state index in [-0.39, 0.29) is 25.1 Å². The standard InChI is InChI=1S/C21H35N3O8S/c1-13(2)11-33-12-15(18(27)22-10-17(26)30-6)23-16(25)9-8-14(19(28)31-7)24-20(29)32-21(3,4)5/h14-15H,1,8-12H2,2-7H3,(H,22,27)(H,23,25)(H,24,29)/t14-,15-/m0/s1. The summed E-state index contributed by atoms with van der Waals surface area (Å²) in [6.07, 6.45) is -1.08. The molecule has 0 aliphatic rings. The number of carbonyl (C=O) groups is 5. The number of hydrogen-bond acceptors (Lipinski definition) is 9. The number of carbonyl (C=O) groups excluding carboxylic acids is 5. The van der Waals surface area contributed by atoms with Crippen LogP contribution in [0.3, 0.4) is 0 Å². The summed E-state index contributed by atoms with van der Waals surface area (Å²) in [5.41, 5.74) is 0.128. The van der Waals surface area contributed by atoms with Gasteiger partial charge < -0.3 is 30.2 Å². The highest BCUT2D eigenvalue weighted by Crippen LogP contribution is 2.10. The Labute approximate surface area is 198 Å². The van der Waals surface area contributed by atoms with E-state index in [1.165, 1.54) is 18.9 Å². The van der Waals surface area contributed by atoms with Crippen LogP contribution in [0.15, 0.2) is 12.2 Å². The molecule has 0 bridgehead atoms. The van der Waals surface area contributed by atoms with Crippen molar-refractivity contribution in [2.75, 3.05) is 32.3 Å². The molecule has 12 heteroatoms. The van der Waals surface area contributed by atoms with E-state index in [0.717, 1.165) is 12.7 Å². The quantitative estimate of drug-likeness (QED) is 0.195. The third kappa shape index (κ3) is 14.8. The first-order chi connectivity index (χ1) is 15.3. The van der Waals surface area contributed by atoms with Crippen molar-refractivity contribution >= 4 is 41.6 Å². The molecule has 0 aromatic carbocycles. The molecule has 0 aromatic rings. The van der Waals surface area contributed by atoms with Gasteiger partial charge in [0.2, 0.25) is 11.8 Å². The molecule has 3 amide bonds. The van der Waals surface area contributed by atoms with Gasteiger partial charge in [-0.3, -0.25) is 14.4 Å². The van der Waals surface area contributed by atoms with E-state index in [9.17, 15) is 24.0 Å². The number of ether oxygens (including phenoxy) is 3. The molecule has 0 aromatic heterocycles. The number of methoxy groups -OCH3 is 2. The minimum absolute atomic E-state index is 0.0762. The smallest absolute Gasteiger partial charge is 0.408 e. The maximum Gasteiger partial charge on any atom is 0.408 e. The lowest BCUT2D eigenvalue weighted by Crippen LogP contribution is -2.50. The van der Waals surface area contributed by atoms with E-state index in [0.29, 0.717) is 5.75 Å². The van der Waals surface area contributed by atoms with Gasteiger partial charge in [0.05, 0.1) is 14.2 Å². The fourth-order valence-electron chi connectivity index (χ4n) is 2.27. The Kier molecular flexibility index (Phi) is 13.9. The monoisotopic (exact) mass is 489 g/mol. The van der Waals surface area contributed by atoms with Gasteiger partial charge in [0.25, 0.3) is 0 Å². The van der Waals surface area contributed by atoms with Crippen molar-refractivity contribution in [3.05, 3.63) is 12.2 Å². The van der Waals surface area contributed by atoms with Gasteiger partial charge in [-0.25, -0.2) is 9.59 Å². The third-order valence-corrected chi connectivity index (χ3v) is 5.02. The van der Waals surface area contributed by atoms with Crippen LogP contribution in [0, 0.1) is 0 Å². The van der Waals surface area contributed by atoms with Crippen LogP contribution in [0.1, 0.15) is 40.5 Å². The van der Waals surface area contributed by atoms with Gasteiger partial charge in [-0.2, -0.15) is 11.8 Å². The van der Waals surface area contributed by atoms with E-state index in [4.69, 9.17) is 4.74 Å². The van der Waals surface area contributed by atoms with E-state index in [2.05, 4.69) is 32.0 Å². The molecule has 0 fully saturated rings. The largest absolute Gasteiger partial charge is 0.468 e. The molecule has 2 atom stereocenters. The molecule has 0 aliphatic heterocycles. The summed E-state index contributed by atoms with van der Waals surface area (Å²) in [7, 11) is 2.35. The molecule has 11 nitrogen and oxygen atoms in total. The van der Waals surface area contributed by atoms with Crippen LogP contribution < -0.4 is 16.0 Å². The van der Waals surface area contributed by atoms with Crippen LogP contribution in [0.4, 0.5) is 4.79 Å². The summed E-state index contributed by atoms with van der Waals surface area (Å²) in [6.45, 7) is 10.3. The molecule has 0 spiro atoms. The molecule has 0 unspecified atom stereocenters. The van der Waals surface area contributed by atoms with Crippen molar-refractivity contribution in [3.8, 4) is 0 Å². The second-order valence-electron chi connectivity index (χ2n) is 8.15. The van der Waals surface area contributed by atoms with Crippen molar-refractivity contribution in [3.63, 3.8) is 0 Å². The normalized spacial score (nSPS) is 12.5. The Bertz CT molecular complexity index is 721. The first kappa shape index (κ1) is 30.2. The fraction of sp³-hybridized carbons (Fsp3) is 0.667. The number of rotatable bonds is 13. The molecule has 0 heterocycles. The molecular formula is C21H35N3O8S. The number of hydrogen-bond donors (Lipinski definition) is 3. The van der Waals surface area contributed by atoms with Gasteiger partial charge >= 0.3 is 18.0 Å². The van der Waals surface area contributed by atoms with Crippen molar-refractivity contribution in [1.82, 2.24) is 16.0 Å². The molecule has 0 aliphatic carbocycles. The van der Waals surface area contributed by atoms with E-state index >= 15 is 0 Å². The Morgan fingerprint density at radius 1 is 1.00 bits per heavy atom. The summed E-state index contributed by atoms with van der Waals surface area (Å²) in [5, 5.41) is 7.37. The Morgan fingerprint density at radius 3 is 2.15 bits per heavy atom. The topological polar surface area (TPSA) is 149 Å². The molecule has 188 valence electrons. The summed E-state index contributed by atoms with van der Waals surface area (Å²) in [4.78, 5) is 60.2. The van der Waals surface area contributed by atoms with Crippen molar-refractivity contribution in [1.29, 1.82) is 0 Å². The maximum atomic E-state index is 12.5. The van der Waals surface area contributed by atoms with Crippen LogP contribution in [0.25, 0.3) is 0 Å². The summed E-state index contributed by atoms with van der Waals surface area (Å²) < 4.78 is 14.3. The first-order valence-electron chi connectivity index (χ1n) is 10.2. The average molecular weight is 490 g/mol. The second-order valence-corrected chi connectivity index (χ2v) is 9.18. The lowest BCUT2D eigenvalue weighted by atomic mass is 10.1. The lowest BCUT2D eigenvalue weighted by molar-refractivity contribution is -0.143. The van der Waals surface area contributed by atoms with Crippen LogP contribution in [-0.4, -0.2) is 79.8 Å². The Morgan fingerprint density at radius 2 is 1.64 bits per heavy atom. The molecule has 0 radical (unpaired) electrons. The minimum Gasteiger partial charge on any atom is -0.468 e. The van der Waals surface area contributed by atoms with Crippen molar-refractivity contribution in [2.45, 2.75) is 58.2 Å². The fourth-order valence-corrected chi connectivity index (χ4v) is 3.21. The Balaban J connectivity index is 5.02. The summed E-state index contributed by atoms with van der Waals surface area (Å²) in [6, 6.07) is -2.04. The number of esters is 2. The average Bonchev–Trinajstić information content (AvgIpc) is 2.71. The van der Waals surface area contributed by atoms with Gasteiger partial charge in [-0.15, -0.1) is 0 Å². The predicted molar refractivity (Wildman–Crippen MR) is 124 cm³/mol. The third-order valence-electron chi connectivity index (χ3n) is 3.76. The zero-order valence-electron chi connectivity index (χ0n) is 20.1. The van der Waals surface area contributed by atoms with E-state index in [1.54, 1.807) is 20.8 Å². The predicted octanol–water partition coefficient (Wildman–Crippen LogP) is 0.916. The summed E-state index contributed by atoms with van der Waals surface area (Å²) in [5.74, 6) is -1.62. The van der Waals surface area contributed by atoms with Gasteiger partial charge in [-0.05, 0) is 34.1 Å². The van der Waals surface area contributed by atoms with Gasteiger partial charge in [0.15, 0.2) is 0 Å². The van der Waals surface area contributed by atoms with Gasteiger partial charge in [-0.1, -0.05) is 12.2 Å². The minimum atomic E-state index is -1.11. The molecule has 0 saturated carbocycles. The van der Waals surface area contributed by atoms with Crippen LogP contribution in [0.5, 0.6) is 0 Å². The summed E-state index contributed by atoms with van der Waals surface area (Å²) >= 11 is 1.39. The number of amides is 3. The number of nitrogens with one attached hydrogen (secondary N) is 3. The van der Waals surface area contributed by atoms with E-state index < -0.39 is 47.5 Å². The second kappa shape index (κ2) is 15.1.